The van der Waals surface area contributed by atoms with Crippen LogP contribution in [-0.2, 0) is 16.1 Å². The number of alkyl halides is 3. The lowest BCUT2D eigenvalue weighted by molar-refractivity contribution is -0.204. The third-order valence-electron chi connectivity index (χ3n) is 5.55. The minimum atomic E-state index is -5.17. The summed E-state index contributed by atoms with van der Waals surface area (Å²) in [5.41, 5.74) is -2.93. The minimum absolute atomic E-state index is 0.121. The van der Waals surface area contributed by atoms with Gasteiger partial charge in [0.25, 0.3) is 11.6 Å². The molecule has 1 aliphatic heterocycles. The topological polar surface area (TPSA) is 78.5 Å². The summed E-state index contributed by atoms with van der Waals surface area (Å²) in [6, 6.07) is 7.01. The van der Waals surface area contributed by atoms with Gasteiger partial charge < -0.3 is 5.32 Å². The normalized spacial score (nSPS) is 23.2. The first-order valence-electron chi connectivity index (χ1n) is 9.79. The van der Waals surface area contributed by atoms with Gasteiger partial charge >= 0.3 is 12.2 Å². The van der Waals surface area contributed by atoms with E-state index in [1.54, 1.807) is 41.0 Å². The molecule has 1 aromatic rings. The Kier molecular flexibility index (Phi) is 6.14. The van der Waals surface area contributed by atoms with Crippen LogP contribution in [0.1, 0.15) is 50.5 Å². The van der Waals surface area contributed by atoms with Crippen LogP contribution in [0.25, 0.3) is 0 Å². The van der Waals surface area contributed by atoms with Crippen LogP contribution in [0.3, 0.4) is 0 Å². The fourth-order valence-electron chi connectivity index (χ4n) is 3.92. The van der Waals surface area contributed by atoms with Gasteiger partial charge in [-0.2, -0.15) is 13.2 Å². The number of rotatable bonds is 6. The summed E-state index contributed by atoms with van der Waals surface area (Å²) >= 11 is 0. The minimum Gasteiger partial charge on any atom is -0.318 e. The number of hydrogen-bond donors (Lipinski definition) is 2. The molecular formula is C20H24F3N3O3. The van der Waals surface area contributed by atoms with Crippen molar-refractivity contribution in [3.8, 4) is 0 Å². The Morgan fingerprint density at radius 3 is 2.41 bits per heavy atom. The highest BCUT2D eigenvalue weighted by atomic mass is 19.4. The second-order valence-corrected chi connectivity index (χ2v) is 7.65. The molecule has 2 N–H and O–H groups in total. The van der Waals surface area contributed by atoms with E-state index in [0.717, 1.165) is 32.1 Å². The molecule has 1 saturated heterocycles. The van der Waals surface area contributed by atoms with E-state index in [1.165, 1.54) is 0 Å². The Balaban J connectivity index is 1.72. The second kappa shape index (κ2) is 8.42. The summed E-state index contributed by atoms with van der Waals surface area (Å²) < 4.78 is 41.5. The fourth-order valence-corrected chi connectivity index (χ4v) is 3.92. The number of amides is 4. The number of hydrogen-bond acceptors (Lipinski definition) is 3. The lowest BCUT2D eigenvalue weighted by atomic mass is 9.86. The maximum Gasteiger partial charge on any atom is 0.440 e. The maximum atomic E-state index is 13.8. The summed E-state index contributed by atoms with van der Waals surface area (Å²) in [5, 5.41) is 3.46. The lowest BCUT2D eigenvalue weighted by Gasteiger charge is -2.30. The van der Waals surface area contributed by atoms with E-state index in [0.29, 0.717) is 22.8 Å². The predicted octanol–water partition coefficient (Wildman–Crippen LogP) is 3.47. The van der Waals surface area contributed by atoms with Crippen LogP contribution in [0.4, 0.5) is 18.0 Å². The molecule has 0 radical (unpaired) electrons. The zero-order valence-corrected chi connectivity index (χ0v) is 15.9. The molecule has 0 unspecified atom stereocenters. The zero-order chi connectivity index (χ0) is 21.1. The SMILES string of the molecule is O=C(CCC1CCCCC1)N[C@]1(C(F)(F)F)NC(=O)N(Cc2ccccc2)C1=O. The van der Waals surface area contributed by atoms with Gasteiger partial charge in [-0.05, 0) is 17.9 Å². The van der Waals surface area contributed by atoms with Crippen LogP contribution in [0.5, 0.6) is 0 Å². The van der Waals surface area contributed by atoms with E-state index in [4.69, 9.17) is 0 Å². The van der Waals surface area contributed by atoms with Crippen molar-refractivity contribution in [2.24, 2.45) is 5.92 Å². The smallest absolute Gasteiger partial charge is 0.318 e. The summed E-state index contributed by atoms with van der Waals surface area (Å²) in [4.78, 5) is 37.6. The van der Waals surface area contributed by atoms with E-state index in [-0.39, 0.29) is 13.0 Å². The number of carbonyl (C=O) groups is 3. The summed E-state index contributed by atoms with van der Waals surface area (Å²) in [6.45, 7) is -0.318. The molecule has 1 aliphatic carbocycles. The zero-order valence-electron chi connectivity index (χ0n) is 15.9. The summed E-state index contributed by atoms with van der Waals surface area (Å²) in [7, 11) is 0. The highest BCUT2D eigenvalue weighted by Crippen LogP contribution is 2.35. The van der Waals surface area contributed by atoms with Crippen LogP contribution < -0.4 is 10.6 Å². The van der Waals surface area contributed by atoms with Gasteiger partial charge in [0, 0.05) is 6.42 Å². The Hall–Kier alpha value is -2.58. The van der Waals surface area contributed by atoms with Gasteiger partial charge in [-0.3, -0.25) is 19.8 Å². The van der Waals surface area contributed by atoms with E-state index < -0.39 is 29.7 Å². The van der Waals surface area contributed by atoms with Crippen LogP contribution in [0.2, 0.25) is 0 Å². The lowest BCUT2D eigenvalue weighted by Crippen LogP contribution is -2.69. The number of carbonyl (C=O) groups excluding carboxylic acids is 3. The predicted molar refractivity (Wildman–Crippen MR) is 98.3 cm³/mol. The Bertz CT molecular complexity index is 763. The average molecular weight is 411 g/mol. The molecule has 1 saturated carbocycles. The molecule has 158 valence electrons. The van der Waals surface area contributed by atoms with Gasteiger partial charge in [0.05, 0.1) is 6.54 Å². The number of nitrogens with zero attached hydrogens (tertiary/aromatic N) is 1. The molecule has 0 bridgehead atoms. The molecule has 6 nitrogen and oxygen atoms in total. The van der Waals surface area contributed by atoms with E-state index in [1.807, 2.05) is 0 Å². The quantitative estimate of drug-likeness (QED) is 0.704. The van der Waals surface area contributed by atoms with Crippen molar-refractivity contribution < 1.29 is 27.6 Å². The van der Waals surface area contributed by atoms with Gasteiger partial charge in [-0.15, -0.1) is 0 Å². The molecule has 0 aromatic heterocycles. The van der Waals surface area contributed by atoms with Crippen molar-refractivity contribution in [2.45, 2.75) is 63.3 Å². The number of benzene rings is 1. The summed E-state index contributed by atoms with van der Waals surface area (Å²) in [6.07, 6.45) is 0.337. The molecule has 3 rings (SSSR count). The molecule has 2 fully saturated rings. The average Bonchev–Trinajstić information content (AvgIpc) is 2.93. The number of imide groups is 1. The number of urea groups is 1. The maximum absolute atomic E-state index is 13.8. The van der Waals surface area contributed by atoms with Crippen molar-refractivity contribution in [1.82, 2.24) is 15.5 Å². The van der Waals surface area contributed by atoms with Crippen LogP contribution >= 0.6 is 0 Å². The van der Waals surface area contributed by atoms with E-state index >= 15 is 0 Å². The number of halogens is 3. The molecule has 29 heavy (non-hydrogen) atoms. The molecule has 0 spiro atoms. The van der Waals surface area contributed by atoms with Crippen molar-refractivity contribution in [3.05, 3.63) is 35.9 Å². The van der Waals surface area contributed by atoms with Crippen LogP contribution in [0.15, 0.2) is 30.3 Å². The highest BCUT2D eigenvalue weighted by Gasteiger charge is 2.68. The third kappa shape index (κ3) is 4.54. The van der Waals surface area contributed by atoms with Crippen molar-refractivity contribution >= 4 is 17.8 Å². The van der Waals surface area contributed by atoms with Crippen molar-refractivity contribution in [3.63, 3.8) is 0 Å². The molecule has 9 heteroatoms. The molecule has 1 aromatic carbocycles. The van der Waals surface area contributed by atoms with Crippen LogP contribution in [0, 0.1) is 5.92 Å². The van der Waals surface area contributed by atoms with Crippen LogP contribution in [-0.4, -0.2) is 34.6 Å². The monoisotopic (exact) mass is 411 g/mol. The molecule has 1 atom stereocenters. The number of nitrogens with one attached hydrogen (secondary N) is 2. The van der Waals surface area contributed by atoms with Gasteiger partial charge in [-0.1, -0.05) is 62.4 Å². The first-order valence-corrected chi connectivity index (χ1v) is 9.79. The first kappa shape index (κ1) is 21.1. The van der Waals surface area contributed by atoms with E-state index in [2.05, 4.69) is 0 Å². The molecule has 1 heterocycles. The second-order valence-electron chi connectivity index (χ2n) is 7.65. The van der Waals surface area contributed by atoms with Crippen molar-refractivity contribution in [2.75, 3.05) is 0 Å². The fraction of sp³-hybridized carbons (Fsp3) is 0.550. The Labute approximate surface area is 166 Å². The molecular weight excluding hydrogens is 387 g/mol. The van der Waals surface area contributed by atoms with Gasteiger partial charge in [0.2, 0.25) is 5.91 Å². The van der Waals surface area contributed by atoms with E-state index in [9.17, 15) is 27.6 Å². The van der Waals surface area contributed by atoms with Gasteiger partial charge in [0.1, 0.15) is 0 Å². The Morgan fingerprint density at radius 2 is 1.79 bits per heavy atom. The summed E-state index contributed by atoms with van der Waals surface area (Å²) in [5.74, 6) is -2.12. The molecule has 4 amide bonds. The first-order chi connectivity index (χ1) is 13.7. The van der Waals surface area contributed by atoms with Gasteiger partial charge in [-0.25, -0.2) is 4.79 Å². The third-order valence-corrected chi connectivity index (χ3v) is 5.55. The standard InChI is InChI=1S/C20H24F3N3O3/c21-20(22,23)19(24-16(27)12-11-14-7-3-1-4-8-14)17(28)26(18(29)25-19)13-15-9-5-2-6-10-15/h2,5-6,9-10,14H,1,3-4,7-8,11-13H2,(H,24,27)(H,25,29)/t19-/m0/s1. The largest absolute Gasteiger partial charge is 0.440 e. The highest BCUT2D eigenvalue weighted by molar-refractivity contribution is 6.08. The Morgan fingerprint density at radius 1 is 1.14 bits per heavy atom. The van der Waals surface area contributed by atoms with Gasteiger partial charge in [0.15, 0.2) is 0 Å². The van der Waals surface area contributed by atoms with Crippen molar-refractivity contribution in [1.29, 1.82) is 0 Å². The molecule has 2 aliphatic rings.